The zero-order chi connectivity index (χ0) is 56.7. The van der Waals surface area contributed by atoms with Gasteiger partial charge in [0.15, 0.2) is 11.7 Å². The number of fused-ring (bicyclic) bond motifs is 7. The summed E-state index contributed by atoms with van der Waals surface area (Å²) in [6, 6.07) is 39.9. The lowest BCUT2D eigenvalue weighted by Gasteiger charge is -2.29. The number of carbonyl (C=O) groups is 8. The Morgan fingerprint density at radius 2 is 1.05 bits per heavy atom. The third kappa shape index (κ3) is 9.47. The van der Waals surface area contributed by atoms with Gasteiger partial charge in [-0.2, -0.15) is 15.4 Å². The molecule has 0 saturated heterocycles. The molecule has 0 radical (unpaired) electrons. The summed E-state index contributed by atoms with van der Waals surface area (Å²) >= 11 is 5.01. The Morgan fingerprint density at radius 1 is 0.556 bits per heavy atom. The summed E-state index contributed by atoms with van der Waals surface area (Å²) in [5.41, 5.74) is -2.64. The summed E-state index contributed by atoms with van der Waals surface area (Å²) in [5, 5.41) is 20.7. The molecule has 5 heterocycles. The van der Waals surface area contributed by atoms with Gasteiger partial charge in [-0.05, 0) is 53.8 Å². The summed E-state index contributed by atoms with van der Waals surface area (Å²) in [6.45, 7) is 1.52. The zero-order valence-electron chi connectivity index (χ0n) is 42.4. The van der Waals surface area contributed by atoms with Gasteiger partial charge in [0.1, 0.15) is 66.1 Å². The van der Waals surface area contributed by atoms with Crippen LogP contribution < -0.4 is 0 Å². The van der Waals surface area contributed by atoms with Crippen LogP contribution in [0, 0.1) is 28.6 Å². The van der Waals surface area contributed by atoms with Crippen molar-refractivity contribution in [3.8, 4) is 12.1 Å². The van der Waals surface area contributed by atoms with Crippen molar-refractivity contribution < 1.29 is 57.3 Å². The molecule has 17 nitrogen and oxygen atoms in total. The molecule has 0 N–H and O–H groups in total. The number of rotatable bonds is 13. The molecule has 8 aromatic rings. The topological polar surface area (TPSA) is 249 Å². The van der Waals surface area contributed by atoms with Crippen LogP contribution in [0.1, 0.15) is 46.5 Å². The van der Waals surface area contributed by atoms with Crippen molar-refractivity contribution in [2.75, 3.05) is 0 Å². The van der Waals surface area contributed by atoms with E-state index < -0.39 is 75.6 Å². The maximum absolute atomic E-state index is 15.5. The molecule has 21 heteroatoms. The first-order chi connectivity index (χ1) is 39.2. The van der Waals surface area contributed by atoms with Crippen molar-refractivity contribution in [1.82, 2.24) is 4.90 Å². The lowest BCUT2D eigenvalue weighted by molar-refractivity contribution is -0.165. The SMILES string of the molecule is CC1=C(C#N)C(=O)C(C(=O)OCc2ccccc2)C(=O)/C1=N/c1cc2sc3c4sc5c(c4sc3c2s1)C(C(=O)OCc1ccccc1)(C(=O)OCc1ccccc1)C(/N=C1/C(=O)N(C(=O)OCc2ccccc2)C(=O)C(C#N)=C1C)=C5. The van der Waals surface area contributed by atoms with Crippen LogP contribution in [0.3, 0.4) is 0 Å². The molecule has 0 bridgehead atoms. The largest absolute Gasteiger partial charge is 0.460 e. The van der Waals surface area contributed by atoms with E-state index in [0.29, 0.717) is 50.9 Å². The maximum Gasteiger partial charge on any atom is 0.424 e. The van der Waals surface area contributed by atoms with Gasteiger partial charge in [0.05, 0.1) is 29.2 Å². The fraction of sp³-hybridized carbons (Fsp3) is 0.133. The smallest absolute Gasteiger partial charge is 0.424 e. The number of thiophene rings is 4. The molecule has 0 spiro atoms. The van der Waals surface area contributed by atoms with E-state index in [1.54, 1.807) is 133 Å². The van der Waals surface area contributed by atoms with Crippen molar-refractivity contribution in [1.29, 1.82) is 10.5 Å². The molecule has 81 heavy (non-hydrogen) atoms. The summed E-state index contributed by atoms with van der Waals surface area (Å²) in [6.07, 6.45) is 0.0566. The van der Waals surface area contributed by atoms with Crippen LogP contribution in [-0.2, 0) is 84.4 Å². The fourth-order valence-corrected chi connectivity index (χ4v) is 15.2. The Labute approximate surface area is 475 Å². The van der Waals surface area contributed by atoms with Gasteiger partial charge in [-0.3, -0.25) is 33.6 Å². The highest BCUT2D eigenvalue weighted by Crippen LogP contribution is 2.58. The molecule has 1 unspecified atom stereocenters. The summed E-state index contributed by atoms with van der Waals surface area (Å²) in [7, 11) is 0. The number of hydrogen-bond donors (Lipinski definition) is 0. The number of ether oxygens (including phenoxy) is 4. The number of imide groups is 3. The van der Waals surface area contributed by atoms with E-state index in [-0.39, 0.29) is 59.4 Å². The minimum Gasteiger partial charge on any atom is -0.460 e. The fourth-order valence-electron chi connectivity index (χ4n) is 9.41. The van der Waals surface area contributed by atoms with Crippen LogP contribution in [0.15, 0.2) is 165 Å². The van der Waals surface area contributed by atoms with E-state index in [1.165, 1.54) is 65.3 Å². The molecule has 11 rings (SSSR count). The van der Waals surface area contributed by atoms with Gasteiger partial charge in [0, 0.05) is 20.7 Å². The number of Topliss-reactive ketones (excluding diaryl/α,β-unsaturated/α-hetero) is 2. The van der Waals surface area contributed by atoms with E-state index in [2.05, 4.69) is 4.99 Å². The van der Waals surface area contributed by atoms with Crippen molar-refractivity contribution in [2.45, 2.75) is 45.7 Å². The number of nitriles is 2. The number of amides is 3. The molecule has 4 aromatic heterocycles. The number of allylic oxidation sites excluding steroid dienone is 2. The first kappa shape index (κ1) is 53.4. The summed E-state index contributed by atoms with van der Waals surface area (Å²) in [4.78, 5) is 124. The Morgan fingerprint density at radius 3 is 1.59 bits per heavy atom. The second-order valence-electron chi connectivity index (χ2n) is 18.4. The van der Waals surface area contributed by atoms with E-state index >= 15 is 9.59 Å². The molecule has 0 saturated carbocycles. The number of esters is 3. The van der Waals surface area contributed by atoms with Gasteiger partial charge in [-0.25, -0.2) is 14.8 Å². The predicted molar refractivity (Wildman–Crippen MR) is 302 cm³/mol. The number of aliphatic imine (C=N–C) groups is 2. The molecular formula is C60H37N5O12S4. The van der Waals surface area contributed by atoms with Gasteiger partial charge in [0.25, 0.3) is 11.8 Å². The lowest BCUT2D eigenvalue weighted by atomic mass is 9.81. The number of carbonyl (C=O) groups excluding carboxylic acids is 8. The standard InChI is InChI=1S/C60H37N5O12S4/c1-31-37(25-61)47(66)43(56(70)74-27-33-15-7-3-8-16-33)48(67)45(31)64-42-24-40-49(80-42)51-53(79-40)52-50(81-51)44-39(78-52)23-41(60(44,57(71)75-28-34-17-9-4-10-18-34)58(72)76-29-35-19-11-5-12-20-35)63-46-32(2)38(26-62)54(68)65(55(46)69)59(73)77-30-36-21-13-6-14-22-36/h3-24,43H,27-30H2,1-2H3/b63-46+,64-45+. The second kappa shape index (κ2) is 21.9. The highest BCUT2D eigenvalue weighted by atomic mass is 32.1. The molecule has 3 amide bonds. The second-order valence-corrected chi connectivity index (χ2v) is 22.6. The Balaban J connectivity index is 1.03. The highest BCUT2D eigenvalue weighted by Gasteiger charge is 2.61. The van der Waals surface area contributed by atoms with Gasteiger partial charge in [0.2, 0.25) is 11.2 Å². The summed E-state index contributed by atoms with van der Waals surface area (Å²) < 4.78 is 27.0. The number of hydrogen-bond acceptors (Lipinski definition) is 20. The van der Waals surface area contributed by atoms with Crippen molar-refractivity contribution >= 4 is 143 Å². The average molecular weight is 1150 g/mol. The molecule has 1 aliphatic heterocycles. The third-order valence-corrected chi connectivity index (χ3v) is 18.7. The van der Waals surface area contributed by atoms with Gasteiger partial charge >= 0.3 is 24.0 Å². The van der Waals surface area contributed by atoms with Crippen LogP contribution in [0.25, 0.3) is 34.3 Å². The molecule has 2 aliphatic carbocycles. The monoisotopic (exact) mass is 1150 g/mol. The number of ketones is 2. The first-order valence-electron chi connectivity index (χ1n) is 24.6. The minimum atomic E-state index is -2.59. The maximum atomic E-state index is 15.5. The molecule has 1 atom stereocenters. The molecule has 3 aliphatic rings. The van der Waals surface area contributed by atoms with Crippen LogP contribution in [0.2, 0.25) is 0 Å². The first-order valence-corrected chi connectivity index (χ1v) is 27.8. The third-order valence-electron chi connectivity index (χ3n) is 13.5. The Hall–Kier alpha value is -9.64. The Kier molecular flexibility index (Phi) is 14.4. The average Bonchev–Trinajstić information content (AvgIpc) is 2.73. The molecular weight excluding hydrogens is 1110 g/mol. The van der Waals surface area contributed by atoms with E-state index in [4.69, 9.17) is 23.9 Å². The van der Waals surface area contributed by atoms with Gasteiger partial charge in [-0.1, -0.05) is 121 Å². The Bertz CT molecular complexity index is 4230. The summed E-state index contributed by atoms with van der Waals surface area (Å²) in [5.74, 6) is -9.77. The normalized spacial score (nSPS) is 17.0. The quantitative estimate of drug-likeness (QED) is 0.0451. The van der Waals surface area contributed by atoms with E-state index in [0.717, 1.165) is 9.40 Å². The van der Waals surface area contributed by atoms with Crippen molar-refractivity contribution in [3.05, 3.63) is 188 Å². The van der Waals surface area contributed by atoms with Crippen LogP contribution >= 0.6 is 45.3 Å². The predicted octanol–water partition coefficient (Wildman–Crippen LogP) is 10.9. The molecule has 0 fully saturated rings. The van der Waals surface area contributed by atoms with Crippen molar-refractivity contribution in [2.24, 2.45) is 15.9 Å². The molecule has 398 valence electrons. The van der Waals surface area contributed by atoms with Crippen molar-refractivity contribution in [3.63, 3.8) is 0 Å². The molecule has 4 aromatic carbocycles. The highest BCUT2D eigenvalue weighted by molar-refractivity contribution is 7.45. The van der Waals surface area contributed by atoms with E-state index in [1.807, 2.05) is 6.07 Å². The minimum absolute atomic E-state index is 0.00184. The van der Waals surface area contributed by atoms with Crippen LogP contribution in [0.5, 0.6) is 0 Å². The van der Waals surface area contributed by atoms with Crippen LogP contribution in [0.4, 0.5) is 9.80 Å². The zero-order valence-corrected chi connectivity index (χ0v) is 45.6. The van der Waals surface area contributed by atoms with Crippen LogP contribution in [-0.4, -0.2) is 63.7 Å². The lowest BCUT2D eigenvalue weighted by Crippen LogP contribution is -2.51. The van der Waals surface area contributed by atoms with E-state index in [9.17, 15) is 39.3 Å². The number of nitrogens with zero attached hydrogens (tertiary/aromatic N) is 5. The van der Waals surface area contributed by atoms with Gasteiger partial charge in [-0.15, -0.1) is 45.3 Å². The number of benzene rings is 4. The van der Waals surface area contributed by atoms with Gasteiger partial charge < -0.3 is 18.9 Å².